The van der Waals surface area contributed by atoms with Crippen molar-refractivity contribution in [2.75, 3.05) is 50.3 Å². The van der Waals surface area contributed by atoms with Crippen LogP contribution >= 0.6 is 0 Å². The molecule has 0 radical (unpaired) electrons. The maximum atomic E-state index is 12.4. The molecule has 0 atom stereocenters. The molecule has 7 nitrogen and oxygen atoms in total. The molecule has 1 fully saturated rings. The first-order valence-corrected chi connectivity index (χ1v) is 9.67. The summed E-state index contributed by atoms with van der Waals surface area (Å²) in [7, 11) is -1.11. The number of benzene rings is 1. The zero-order chi connectivity index (χ0) is 16.6. The van der Waals surface area contributed by atoms with E-state index in [1.807, 2.05) is 5.01 Å². The van der Waals surface area contributed by atoms with Gasteiger partial charge in [0, 0.05) is 12.1 Å². The lowest BCUT2D eigenvalue weighted by Crippen LogP contribution is -3.12. The molecule has 2 N–H and O–H groups in total. The SMILES string of the molecule is C[NH+]1CCN(NC(=O)c2ccc3c(c2)CCN3S(C)(=O)=O)CC1. The van der Waals surface area contributed by atoms with Gasteiger partial charge in [0.15, 0.2) is 0 Å². The van der Waals surface area contributed by atoms with Crippen LogP contribution in [0.5, 0.6) is 0 Å². The molecule has 0 spiro atoms. The lowest BCUT2D eigenvalue weighted by atomic mass is 10.1. The second kappa shape index (κ2) is 6.10. The van der Waals surface area contributed by atoms with Gasteiger partial charge in [-0.25, -0.2) is 13.4 Å². The lowest BCUT2D eigenvalue weighted by Gasteiger charge is -2.30. The summed E-state index contributed by atoms with van der Waals surface area (Å²) in [6, 6.07) is 5.22. The van der Waals surface area contributed by atoms with Crippen molar-refractivity contribution in [3.05, 3.63) is 29.3 Å². The second-order valence-electron chi connectivity index (χ2n) is 6.31. The van der Waals surface area contributed by atoms with Gasteiger partial charge < -0.3 is 4.90 Å². The van der Waals surface area contributed by atoms with Crippen LogP contribution < -0.4 is 14.6 Å². The number of hydrazine groups is 1. The molecule has 2 aliphatic heterocycles. The summed E-state index contributed by atoms with van der Waals surface area (Å²) >= 11 is 0. The van der Waals surface area contributed by atoms with Gasteiger partial charge in [-0.1, -0.05) is 0 Å². The van der Waals surface area contributed by atoms with Crippen molar-refractivity contribution in [1.29, 1.82) is 0 Å². The van der Waals surface area contributed by atoms with Crippen LogP contribution in [0.1, 0.15) is 15.9 Å². The van der Waals surface area contributed by atoms with E-state index in [1.165, 1.54) is 15.5 Å². The van der Waals surface area contributed by atoms with Crippen LogP contribution in [0.25, 0.3) is 0 Å². The fourth-order valence-corrected chi connectivity index (χ4v) is 4.02. The summed E-state index contributed by atoms with van der Waals surface area (Å²) in [5.41, 5.74) is 5.11. The average molecular weight is 339 g/mol. The lowest BCUT2D eigenvalue weighted by molar-refractivity contribution is -0.884. The molecule has 8 heteroatoms. The maximum Gasteiger partial charge on any atom is 0.265 e. The highest BCUT2D eigenvalue weighted by molar-refractivity contribution is 7.92. The number of fused-ring (bicyclic) bond motifs is 1. The van der Waals surface area contributed by atoms with E-state index in [4.69, 9.17) is 0 Å². The minimum Gasteiger partial charge on any atom is -0.335 e. The molecular weight excluding hydrogens is 316 g/mol. The Bertz CT molecular complexity index is 711. The van der Waals surface area contributed by atoms with E-state index in [1.54, 1.807) is 18.2 Å². The van der Waals surface area contributed by atoms with E-state index >= 15 is 0 Å². The van der Waals surface area contributed by atoms with Crippen LogP contribution in [0.15, 0.2) is 18.2 Å². The van der Waals surface area contributed by atoms with E-state index in [0.29, 0.717) is 24.2 Å². The number of amides is 1. The molecule has 23 heavy (non-hydrogen) atoms. The minimum atomic E-state index is -3.25. The Morgan fingerprint density at radius 3 is 2.57 bits per heavy atom. The number of likely N-dealkylation sites (N-methyl/N-ethyl adjacent to an activating group) is 1. The Hall–Kier alpha value is -1.64. The van der Waals surface area contributed by atoms with Gasteiger partial charge in [-0.15, -0.1) is 0 Å². The number of rotatable bonds is 3. The van der Waals surface area contributed by atoms with Gasteiger partial charge in [0.2, 0.25) is 10.0 Å². The van der Waals surface area contributed by atoms with Crippen molar-refractivity contribution in [2.45, 2.75) is 6.42 Å². The fourth-order valence-electron chi connectivity index (χ4n) is 3.07. The number of hydrogen-bond donors (Lipinski definition) is 2. The van der Waals surface area contributed by atoms with Gasteiger partial charge in [-0.3, -0.25) is 14.5 Å². The molecule has 0 saturated carbocycles. The van der Waals surface area contributed by atoms with E-state index in [-0.39, 0.29) is 5.91 Å². The first-order chi connectivity index (χ1) is 10.8. The van der Waals surface area contributed by atoms with Crippen molar-refractivity contribution < 1.29 is 18.1 Å². The van der Waals surface area contributed by atoms with E-state index in [2.05, 4.69) is 12.5 Å². The predicted octanol–water partition coefficient (Wildman–Crippen LogP) is -1.52. The Morgan fingerprint density at radius 1 is 1.22 bits per heavy atom. The molecule has 2 heterocycles. The monoisotopic (exact) mass is 339 g/mol. The van der Waals surface area contributed by atoms with E-state index < -0.39 is 10.0 Å². The molecule has 0 unspecified atom stereocenters. The molecule has 1 aromatic rings. The normalized spacial score (nSPS) is 19.7. The summed E-state index contributed by atoms with van der Waals surface area (Å²) in [5, 5.41) is 1.95. The number of sulfonamides is 1. The molecule has 2 aliphatic rings. The van der Waals surface area contributed by atoms with E-state index in [9.17, 15) is 13.2 Å². The molecular formula is C15H23N4O3S+. The third-order valence-corrected chi connectivity index (χ3v) is 5.65. The fraction of sp³-hybridized carbons (Fsp3) is 0.533. The van der Waals surface area contributed by atoms with Gasteiger partial charge in [0.25, 0.3) is 5.91 Å². The van der Waals surface area contributed by atoms with Crippen molar-refractivity contribution in [3.63, 3.8) is 0 Å². The Kier molecular flexibility index (Phi) is 4.31. The highest BCUT2D eigenvalue weighted by Crippen LogP contribution is 2.30. The largest absolute Gasteiger partial charge is 0.335 e. The number of carbonyl (C=O) groups is 1. The molecule has 1 amide bonds. The highest BCUT2D eigenvalue weighted by Gasteiger charge is 2.27. The number of piperazine rings is 1. The number of nitrogens with zero attached hydrogens (tertiary/aromatic N) is 2. The van der Waals surface area contributed by atoms with Crippen molar-refractivity contribution in [1.82, 2.24) is 10.4 Å². The van der Waals surface area contributed by atoms with Gasteiger partial charge in [0.05, 0.1) is 45.2 Å². The van der Waals surface area contributed by atoms with Crippen molar-refractivity contribution >= 4 is 21.6 Å². The van der Waals surface area contributed by atoms with E-state index in [0.717, 1.165) is 31.7 Å². The Morgan fingerprint density at radius 2 is 1.91 bits per heavy atom. The average Bonchev–Trinajstić information content (AvgIpc) is 2.92. The standard InChI is InChI=1S/C15H22N4O3S/c1-17-7-9-18(10-8-17)16-15(20)13-3-4-14-12(11-13)5-6-19(14)23(2,21)22/h3-4,11H,5-10H2,1-2H3,(H,16,20)/p+1. The summed E-state index contributed by atoms with van der Waals surface area (Å²) < 4.78 is 24.9. The summed E-state index contributed by atoms with van der Waals surface area (Å²) in [6.45, 7) is 4.14. The molecule has 1 aromatic carbocycles. The highest BCUT2D eigenvalue weighted by atomic mass is 32.2. The molecule has 1 saturated heterocycles. The van der Waals surface area contributed by atoms with Crippen LogP contribution in [0.2, 0.25) is 0 Å². The third kappa shape index (κ3) is 3.49. The topological polar surface area (TPSA) is 74.2 Å². The number of carbonyl (C=O) groups excluding carboxylic acids is 1. The first-order valence-electron chi connectivity index (χ1n) is 7.82. The quantitative estimate of drug-likeness (QED) is 0.702. The summed E-state index contributed by atoms with van der Waals surface area (Å²) in [5.74, 6) is -0.134. The van der Waals surface area contributed by atoms with Crippen LogP contribution in [0.3, 0.4) is 0 Å². The van der Waals surface area contributed by atoms with Crippen LogP contribution in [-0.4, -0.2) is 65.4 Å². The summed E-state index contributed by atoms with van der Waals surface area (Å²) in [6.07, 6.45) is 1.85. The summed E-state index contributed by atoms with van der Waals surface area (Å²) in [4.78, 5) is 13.8. The zero-order valence-corrected chi connectivity index (χ0v) is 14.3. The number of hydrogen-bond acceptors (Lipinski definition) is 4. The molecule has 0 aromatic heterocycles. The maximum absolute atomic E-state index is 12.4. The zero-order valence-electron chi connectivity index (χ0n) is 13.5. The van der Waals surface area contributed by atoms with Gasteiger partial charge in [-0.05, 0) is 30.2 Å². The van der Waals surface area contributed by atoms with Crippen molar-refractivity contribution in [2.24, 2.45) is 0 Å². The van der Waals surface area contributed by atoms with Crippen molar-refractivity contribution in [3.8, 4) is 0 Å². The number of nitrogens with one attached hydrogen (secondary N) is 2. The van der Waals surface area contributed by atoms with Crippen LogP contribution in [0, 0.1) is 0 Å². The number of anilines is 1. The second-order valence-corrected chi connectivity index (χ2v) is 8.22. The van der Waals surface area contributed by atoms with Crippen LogP contribution in [0.4, 0.5) is 5.69 Å². The van der Waals surface area contributed by atoms with Gasteiger partial charge >= 0.3 is 0 Å². The molecule has 0 bridgehead atoms. The Balaban J connectivity index is 1.71. The molecule has 3 rings (SSSR count). The first kappa shape index (κ1) is 16.2. The molecule has 0 aliphatic carbocycles. The van der Waals surface area contributed by atoms with Crippen LogP contribution in [-0.2, 0) is 16.4 Å². The minimum absolute atomic E-state index is 0.134. The third-order valence-electron chi connectivity index (χ3n) is 4.47. The van der Waals surface area contributed by atoms with Gasteiger partial charge in [0.1, 0.15) is 0 Å². The molecule has 126 valence electrons. The van der Waals surface area contributed by atoms with Gasteiger partial charge in [-0.2, -0.15) is 0 Å². The Labute approximate surface area is 136 Å². The number of quaternary nitrogens is 1. The smallest absolute Gasteiger partial charge is 0.265 e. The predicted molar refractivity (Wildman–Crippen MR) is 88.0 cm³/mol.